The highest BCUT2D eigenvalue weighted by Crippen LogP contribution is 2.38. The molecule has 46 heavy (non-hydrogen) atoms. The highest BCUT2D eigenvalue weighted by Gasteiger charge is 2.51. The smallest absolute Gasteiger partial charge is 0.464 e. The summed E-state index contributed by atoms with van der Waals surface area (Å²) in [7, 11) is -1.52. The molecule has 0 amide bonds. The van der Waals surface area contributed by atoms with Crippen LogP contribution >= 0.6 is 8.18 Å². The van der Waals surface area contributed by atoms with Gasteiger partial charge in [-0.15, -0.1) is 4.52 Å². The van der Waals surface area contributed by atoms with Gasteiger partial charge in [0, 0.05) is 38.6 Å². The van der Waals surface area contributed by atoms with Gasteiger partial charge in [-0.05, 0) is 42.4 Å². The monoisotopic (exact) mass is 663 g/mol. The highest BCUT2D eigenvalue weighted by atomic mass is 31.1. The minimum absolute atomic E-state index is 0.170. The standard InChI is InChI=1S/C30H44N6O9P/c1-18(2)25(37)13-22(23-7-8-24-27(32)33-17-34-36(23)24)26(45-28(38)19(3)4)30(15-31,41-6)16-44-46(40)35-20(5)29(39)43-14-21-9-11-42-12-10-21/h7-8,17-22,26H,9-14,16H2,1-6H3,(H,35,40)(H2,32,33,34)/q+1/t20-,22-,26-,30+/m0/s1. The van der Waals surface area contributed by atoms with E-state index in [0.29, 0.717) is 24.4 Å². The summed E-state index contributed by atoms with van der Waals surface area (Å²) >= 11 is 0. The van der Waals surface area contributed by atoms with Crippen molar-refractivity contribution in [1.29, 1.82) is 5.26 Å². The number of aromatic nitrogens is 3. The summed E-state index contributed by atoms with van der Waals surface area (Å²) in [4.78, 5) is 42.9. The number of nitrogens with two attached hydrogens (primary N) is 1. The van der Waals surface area contributed by atoms with E-state index >= 15 is 0 Å². The van der Waals surface area contributed by atoms with E-state index in [1.807, 2.05) is 6.07 Å². The van der Waals surface area contributed by atoms with E-state index < -0.39 is 62.2 Å². The molecule has 2 aromatic heterocycles. The van der Waals surface area contributed by atoms with Crippen LogP contribution in [0, 0.1) is 29.1 Å². The van der Waals surface area contributed by atoms with Crippen molar-refractivity contribution in [3.63, 3.8) is 0 Å². The Balaban J connectivity index is 1.90. The van der Waals surface area contributed by atoms with Gasteiger partial charge in [-0.25, -0.2) is 9.50 Å². The maximum absolute atomic E-state index is 13.2. The Morgan fingerprint density at radius 3 is 2.48 bits per heavy atom. The zero-order valence-corrected chi connectivity index (χ0v) is 28.0. The number of Topliss-reactive ketones (excluding diaryl/α,β-unsaturated/α-hetero) is 1. The van der Waals surface area contributed by atoms with Gasteiger partial charge in [-0.1, -0.05) is 32.8 Å². The summed E-state index contributed by atoms with van der Waals surface area (Å²) in [6.45, 7) is 8.96. The van der Waals surface area contributed by atoms with E-state index in [-0.39, 0.29) is 30.5 Å². The molecular weight excluding hydrogens is 619 g/mol. The van der Waals surface area contributed by atoms with Crippen molar-refractivity contribution < 1.29 is 42.4 Å². The van der Waals surface area contributed by atoms with Crippen LogP contribution in [0.4, 0.5) is 5.82 Å². The summed E-state index contributed by atoms with van der Waals surface area (Å²) in [5, 5.41) is 17.4. The molecule has 16 heteroatoms. The first-order valence-electron chi connectivity index (χ1n) is 15.2. The number of ether oxygens (including phenoxy) is 4. The first-order chi connectivity index (χ1) is 21.8. The number of anilines is 1. The Kier molecular flexibility index (Phi) is 13.5. The predicted molar refractivity (Wildman–Crippen MR) is 165 cm³/mol. The average molecular weight is 664 g/mol. The number of methoxy groups -OCH3 is 1. The molecule has 0 radical (unpaired) electrons. The number of esters is 2. The van der Waals surface area contributed by atoms with E-state index in [4.69, 9.17) is 29.2 Å². The Hall–Kier alpha value is -3.54. The lowest BCUT2D eigenvalue weighted by atomic mass is 9.81. The lowest BCUT2D eigenvalue weighted by Crippen LogP contribution is -2.53. The highest BCUT2D eigenvalue weighted by molar-refractivity contribution is 7.36. The second-order valence-electron chi connectivity index (χ2n) is 11.9. The van der Waals surface area contributed by atoms with Gasteiger partial charge in [0.15, 0.2) is 18.5 Å². The Labute approximate surface area is 269 Å². The quantitative estimate of drug-likeness (QED) is 0.184. The van der Waals surface area contributed by atoms with Crippen LogP contribution in [-0.4, -0.2) is 83.6 Å². The summed E-state index contributed by atoms with van der Waals surface area (Å²) in [5.74, 6) is -3.08. The van der Waals surface area contributed by atoms with Crippen LogP contribution in [0.1, 0.15) is 65.5 Å². The second-order valence-corrected chi connectivity index (χ2v) is 12.9. The van der Waals surface area contributed by atoms with Gasteiger partial charge in [0.05, 0.1) is 18.2 Å². The topological polar surface area (TPSA) is 206 Å². The van der Waals surface area contributed by atoms with Gasteiger partial charge in [0.25, 0.3) is 0 Å². The van der Waals surface area contributed by atoms with Crippen LogP contribution in [0.2, 0.25) is 0 Å². The predicted octanol–water partition coefficient (Wildman–Crippen LogP) is 3.11. The van der Waals surface area contributed by atoms with Crippen molar-refractivity contribution in [2.45, 2.75) is 77.5 Å². The van der Waals surface area contributed by atoms with Gasteiger partial charge < -0.3 is 24.7 Å². The van der Waals surface area contributed by atoms with E-state index in [1.165, 1.54) is 24.9 Å². The average Bonchev–Trinajstić information content (AvgIpc) is 3.48. The lowest BCUT2D eigenvalue weighted by molar-refractivity contribution is -0.173. The Morgan fingerprint density at radius 2 is 1.87 bits per heavy atom. The molecule has 0 bridgehead atoms. The molecule has 3 heterocycles. The molecule has 0 saturated carbocycles. The van der Waals surface area contributed by atoms with Gasteiger partial charge in [0.2, 0.25) is 5.60 Å². The fourth-order valence-corrected chi connectivity index (χ4v) is 5.68. The summed E-state index contributed by atoms with van der Waals surface area (Å²) in [6, 6.07) is 4.36. The molecule has 1 fully saturated rings. The van der Waals surface area contributed by atoms with Crippen molar-refractivity contribution in [1.82, 2.24) is 19.7 Å². The maximum Gasteiger partial charge on any atom is 0.613 e. The van der Waals surface area contributed by atoms with Crippen LogP contribution < -0.4 is 10.8 Å². The molecule has 0 spiro atoms. The Morgan fingerprint density at radius 1 is 1.17 bits per heavy atom. The van der Waals surface area contributed by atoms with Crippen molar-refractivity contribution in [2.24, 2.45) is 17.8 Å². The summed E-state index contributed by atoms with van der Waals surface area (Å²) in [5.41, 5.74) is 4.84. The van der Waals surface area contributed by atoms with Crippen LogP contribution in [0.25, 0.3) is 5.52 Å². The van der Waals surface area contributed by atoms with Gasteiger partial charge in [0.1, 0.15) is 29.7 Å². The molecule has 3 rings (SSSR count). The van der Waals surface area contributed by atoms with E-state index in [1.54, 1.807) is 39.8 Å². The van der Waals surface area contributed by atoms with Crippen molar-refractivity contribution in [3.8, 4) is 6.07 Å². The van der Waals surface area contributed by atoms with E-state index in [9.17, 15) is 24.2 Å². The van der Waals surface area contributed by atoms with E-state index in [2.05, 4.69) is 15.2 Å². The zero-order chi connectivity index (χ0) is 34.0. The lowest BCUT2D eigenvalue weighted by Gasteiger charge is -2.37. The molecule has 1 aliphatic rings. The van der Waals surface area contributed by atoms with Crippen molar-refractivity contribution >= 4 is 37.2 Å². The molecule has 3 N–H and O–H groups in total. The van der Waals surface area contributed by atoms with E-state index in [0.717, 1.165) is 12.8 Å². The molecule has 15 nitrogen and oxygen atoms in total. The van der Waals surface area contributed by atoms with Gasteiger partial charge in [-0.3, -0.25) is 14.4 Å². The van der Waals surface area contributed by atoms with Crippen LogP contribution in [0.3, 0.4) is 0 Å². The number of carbonyl (C=O) groups is 3. The van der Waals surface area contributed by atoms with Gasteiger partial charge in [-0.2, -0.15) is 10.4 Å². The fraction of sp³-hybridized carbons (Fsp3) is 0.667. The minimum atomic E-state index is -2.74. The number of rotatable bonds is 17. The minimum Gasteiger partial charge on any atom is -0.464 e. The molecule has 252 valence electrons. The van der Waals surface area contributed by atoms with Crippen LogP contribution in [-0.2, 0) is 42.4 Å². The SMILES string of the molecule is CO[C@](C#N)(CO[P+](=O)N[C@@H](C)C(=O)OCC1CCOCC1)[C@@H](OC(=O)C(C)C)[C@@H](CC(=O)C(C)C)c1ccc2c(N)ncnn12. The third kappa shape index (κ3) is 9.27. The number of ketones is 1. The molecule has 2 aromatic rings. The number of nitriles is 1. The second kappa shape index (κ2) is 16.9. The molecule has 0 aliphatic carbocycles. The zero-order valence-electron chi connectivity index (χ0n) is 27.1. The van der Waals surface area contributed by atoms with Crippen molar-refractivity contribution in [3.05, 3.63) is 24.2 Å². The number of carbonyl (C=O) groups excluding carboxylic acids is 3. The third-order valence-corrected chi connectivity index (χ3v) is 8.86. The van der Waals surface area contributed by atoms with Crippen LogP contribution in [0.5, 0.6) is 0 Å². The first-order valence-corrected chi connectivity index (χ1v) is 16.4. The molecule has 1 aliphatic heterocycles. The van der Waals surface area contributed by atoms with Crippen LogP contribution in [0.15, 0.2) is 18.5 Å². The number of nitrogens with zero attached hydrogens (tertiary/aromatic N) is 4. The largest absolute Gasteiger partial charge is 0.613 e. The van der Waals surface area contributed by atoms with Crippen molar-refractivity contribution in [2.75, 3.05) is 39.3 Å². The molecule has 1 saturated heterocycles. The maximum atomic E-state index is 13.2. The number of nitrogens with one attached hydrogen (secondary N) is 1. The number of fused-ring (bicyclic) bond motifs is 1. The fourth-order valence-electron chi connectivity index (χ4n) is 4.88. The molecule has 1 unspecified atom stereocenters. The molecule has 5 atom stereocenters. The normalized spacial score (nSPS) is 17.6. The summed E-state index contributed by atoms with van der Waals surface area (Å²) < 4.78 is 42.4. The Bertz CT molecular complexity index is 1420. The number of nitrogen functional groups attached to an aromatic ring is 1. The number of hydrogen-bond donors (Lipinski definition) is 2. The van der Waals surface area contributed by atoms with Gasteiger partial charge >= 0.3 is 20.1 Å². The summed E-state index contributed by atoms with van der Waals surface area (Å²) in [6.07, 6.45) is 1.19. The molecule has 0 aromatic carbocycles. The number of hydrogen-bond acceptors (Lipinski definition) is 13. The first kappa shape index (κ1) is 36.9. The third-order valence-electron chi connectivity index (χ3n) is 7.90. The molecular formula is C30H44N6O9P+.